The third-order valence-corrected chi connectivity index (χ3v) is 5.74. The van der Waals surface area contributed by atoms with Gasteiger partial charge in [-0.15, -0.1) is 0 Å². The molecule has 2 saturated heterocycles. The second-order valence-corrected chi connectivity index (χ2v) is 7.57. The molecular weight excluding hydrogens is 364 g/mol. The molecule has 27 heavy (non-hydrogen) atoms. The highest BCUT2D eigenvalue weighted by atomic mass is 35.5. The van der Waals surface area contributed by atoms with E-state index in [0.717, 1.165) is 22.0 Å². The van der Waals surface area contributed by atoms with Crippen LogP contribution in [0.3, 0.4) is 0 Å². The number of halogens is 1. The van der Waals surface area contributed by atoms with Gasteiger partial charge in [-0.1, -0.05) is 41.9 Å². The van der Waals surface area contributed by atoms with Crippen molar-refractivity contribution in [1.82, 2.24) is 9.88 Å². The van der Waals surface area contributed by atoms with Gasteiger partial charge in [0.2, 0.25) is 0 Å². The highest BCUT2D eigenvalue weighted by Crippen LogP contribution is 2.37. The molecule has 3 heterocycles. The van der Waals surface area contributed by atoms with Crippen molar-refractivity contribution in [1.29, 1.82) is 0 Å². The van der Waals surface area contributed by atoms with Crippen molar-refractivity contribution < 1.29 is 14.3 Å². The van der Waals surface area contributed by atoms with Crippen LogP contribution in [0.1, 0.15) is 10.5 Å². The van der Waals surface area contributed by atoms with E-state index in [4.69, 9.17) is 16.3 Å². The Morgan fingerprint density at radius 2 is 1.96 bits per heavy atom. The molecule has 0 spiro atoms. The number of nitrogens with zero attached hydrogens (tertiary/aromatic N) is 1. The standard InChI is InChI=1S/C21H17ClN2O3/c22-14-6-7-17-15(8-14)18(12-4-2-1-3-5-12)19(23-17)20(25)24-9-13-11-27-21(26)16(13)10-24/h1-8,13,16,23H,9-11H2/t13-,16-/m1/s1. The summed E-state index contributed by atoms with van der Waals surface area (Å²) in [7, 11) is 0. The molecule has 2 aliphatic rings. The topological polar surface area (TPSA) is 62.4 Å². The molecule has 5 rings (SSSR count). The second-order valence-electron chi connectivity index (χ2n) is 7.14. The molecule has 2 aliphatic heterocycles. The number of nitrogens with one attached hydrogen (secondary N) is 1. The van der Waals surface area contributed by atoms with Gasteiger partial charge in [0, 0.05) is 40.5 Å². The lowest BCUT2D eigenvalue weighted by atomic mass is 10.0. The van der Waals surface area contributed by atoms with Gasteiger partial charge in [-0.25, -0.2) is 0 Å². The number of aromatic nitrogens is 1. The number of fused-ring (bicyclic) bond motifs is 2. The predicted octanol–water partition coefficient (Wildman–Crippen LogP) is 3.73. The van der Waals surface area contributed by atoms with Crippen LogP contribution in [0.4, 0.5) is 0 Å². The van der Waals surface area contributed by atoms with Crippen LogP contribution in [0, 0.1) is 11.8 Å². The summed E-state index contributed by atoms with van der Waals surface area (Å²) < 4.78 is 5.11. The number of carbonyl (C=O) groups is 2. The number of amides is 1. The maximum absolute atomic E-state index is 13.3. The fourth-order valence-corrected chi connectivity index (χ4v) is 4.33. The molecule has 0 saturated carbocycles. The second kappa shape index (κ2) is 6.13. The van der Waals surface area contributed by atoms with Crippen LogP contribution in [0.2, 0.25) is 5.02 Å². The summed E-state index contributed by atoms with van der Waals surface area (Å²) >= 11 is 6.21. The van der Waals surface area contributed by atoms with E-state index in [1.54, 1.807) is 11.0 Å². The van der Waals surface area contributed by atoms with Crippen LogP contribution in [0.15, 0.2) is 48.5 Å². The highest BCUT2D eigenvalue weighted by Gasteiger charge is 2.46. The number of esters is 1. The summed E-state index contributed by atoms with van der Waals surface area (Å²) in [6.07, 6.45) is 0. The Morgan fingerprint density at radius 1 is 1.15 bits per heavy atom. The lowest BCUT2D eigenvalue weighted by Crippen LogP contribution is -2.31. The van der Waals surface area contributed by atoms with E-state index in [1.165, 1.54) is 0 Å². The first kappa shape index (κ1) is 16.4. The zero-order valence-electron chi connectivity index (χ0n) is 14.4. The van der Waals surface area contributed by atoms with Crippen molar-refractivity contribution >= 4 is 34.4 Å². The molecule has 1 N–H and O–H groups in total. The minimum Gasteiger partial charge on any atom is -0.465 e. The Labute approximate surface area is 160 Å². The van der Waals surface area contributed by atoms with Crippen molar-refractivity contribution in [3.05, 3.63) is 59.2 Å². The first-order valence-corrected chi connectivity index (χ1v) is 9.32. The van der Waals surface area contributed by atoms with Crippen LogP contribution < -0.4 is 0 Å². The summed E-state index contributed by atoms with van der Waals surface area (Å²) in [4.78, 5) is 30.2. The number of hydrogen-bond donors (Lipinski definition) is 1. The Balaban J connectivity index is 1.61. The van der Waals surface area contributed by atoms with Crippen LogP contribution in [-0.4, -0.2) is 41.5 Å². The fourth-order valence-electron chi connectivity index (χ4n) is 4.16. The minimum absolute atomic E-state index is 0.0941. The van der Waals surface area contributed by atoms with E-state index in [9.17, 15) is 9.59 Å². The monoisotopic (exact) mass is 380 g/mol. The van der Waals surface area contributed by atoms with Gasteiger partial charge in [0.1, 0.15) is 5.69 Å². The maximum Gasteiger partial charge on any atom is 0.311 e. The van der Waals surface area contributed by atoms with E-state index >= 15 is 0 Å². The summed E-state index contributed by atoms with van der Waals surface area (Å²) in [5.74, 6) is -0.390. The first-order valence-electron chi connectivity index (χ1n) is 8.94. The number of rotatable bonds is 2. The summed E-state index contributed by atoms with van der Waals surface area (Å²) in [6, 6.07) is 15.4. The third-order valence-electron chi connectivity index (χ3n) is 5.51. The molecule has 1 amide bonds. The van der Waals surface area contributed by atoms with E-state index in [2.05, 4.69) is 4.98 Å². The van der Waals surface area contributed by atoms with Gasteiger partial charge >= 0.3 is 5.97 Å². The average molecular weight is 381 g/mol. The Morgan fingerprint density at radius 3 is 2.74 bits per heavy atom. The van der Waals surface area contributed by atoms with Crippen LogP contribution in [-0.2, 0) is 9.53 Å². The molecule has 0 radical (unpaired) electrons. The van der Waals surface area contributed by atoms with Crippen molar-refractivity contribution in [3.8, 4) is 11.1 Å². The number of cyclic esters (lactones) is 1. The Kier molecular flexibility index (Phi) is 3.72. The van der Waals surface area contributed by atoms with Crippen molar-refractivity contribution in [3.63, 3.8) is 0 Å². The van der Waals surface area contributed by atoms with Crippen LogP contribution >= 0.6 is 11.6 Å². The lowest BCUT2D eigenvalue weighted by molar-refractivity contribution is -0.141. The van der Waals surface area contributed by atoms with Crippen molar-refractivity contribution in [2.45, 2.75) is 0 Å². The normalized spacial score (nSPS) is 21.5. The number of likely N-dealkylation sites (tertiary alicyclic amines) is 1. The number of hydrogen-bond acceptors (Lipinski definition) is 3. The van der Waals surface area contributed by atoms with Crippen LogP contribution in [0.25, 0.3) is 22.0 Å². The zero-order valence-corrected chi connectivity index (χ0v) is 15.2. The lowest BCUT2D eigenvalue weighted by Gasteiger charge is -2.17. The molecule has 1 aromatic heterocycles. The van der Waals surface area contributed by atoms with E-state index < -0.39 is 0 Å². The van der Waals surface area contributed by atoms with Gasteiger partial charge in [-0.2, -0.15) is 0 Å². The van der Waals surface area contributed by atoms with Gasteiger partial charge in [-0.3, -0.25) is 9.59 Å². The van der Waals surface area contributed by atoms with E-state index in [-0.39, 0.29) is 23.7 Å². The molecule has 2 aromatic carbocycles. The number of H-pyrrole nitrogens is 1. The van der Waals surface area contributed by atoms with E-state index in [1.807, 2.05) is 42.5 Å². The first-order chi connectivity index (χ1) is 13.1. The molecule has 5 nitrogen and oxygen atoms in total. The van der Waals surface area contributed by atoms with Crippen molar-refractivity contribution in [2.75, 3.05) is 19.7 Å². The minimum atomic E-state index is -0.201. The molecule has 2 atom stereocenters. The van der Waals surface area contributed by atoms with Gasteiger partial charge < -0.3 is 14.6 Å². The largest absolute Gasteiger partial charge is 0.465 e. The quantitative estimate of drug-likeness (QED) is 0.689. The maximum atomic E-state index is 13.3. The summed E-state index contributed by atoms with van der Waals surface area (Å²) in [6.45, 7) is 1.35. The number of carbonyl (C=O) groups excluding carboxylic acids is 2. The average Bonchev–Trinajstić information content (AvgIpc) is 3.36. The summed E-state index contributed by atoms with van der Waals surface area (Å²) in [5.41, 5.74) is 3.19. The number of aromatic amines is 1. The van der Waals surface area contributed by atoms with Gasteiger partial charge in [-0.05, 0) is 23.8 Å². The van der Waals surface area contributed by atoms with Gasteiger partial charge in [0.25, 0.3) is 5.91 Å². The molecule has 0 aliphatic carbocycles. The Hall–Kier alpha value is -2.79. The third kappa shape index (κ3) is 2.61. The SMILES string of the molecule is O=C1OC[C@H]2CN(C(=O)c3[nH]c4ccc(Cl)cc4c3-c3ccccc3)C[C@@H]12. The zero-order chi connectivity index (χ0) is 18.5. The molecular formula is C21H17ClN2O3. The highest BCUT2D eigenvalue weighted by molar-refractivity contribution is 6.31. The van der Waals surface area contributed by atoms with Crippen molar-refractivity contribution in [2.24, 2.45) is 11.8 Å². The molecule has 0 bridgehead atoms. The molecule has 6 heteroatoms. The molecule has 2 fully saturated rings. The number of benzene rings is 2. The molecule has 0 unspecified atom stereocenters. The Bertz CT molecular complexity index is 1060. The molecule has 3 aromatic rings. The smallest absolute Gasteiger partial charge is 0.311 e. The predicted molar refractivity (Wildman–Crippen MR) is 103 cm³/mol. The fraction of sp³-hybridized carbons (Fsp3) is 0.238. The van der Waals surface area contributed by atoms with E-state index in [0.29, 0.717) is 30.4 Å². The summed E-state index contributed by atoms with van der Waals surface area (Å²) in [5, 5.41) is 1.53. The number of ether oxygens (including phenoxy) is 1. The molecule has 136 valence electrons. The van der Waals surface area contributed by atoms with Gasteiger partial charge in [0.15, 0.2) is 0 Å². The van der Waals surface area contributed by atoms with Gasteiger partial charge in [0.05, 0.1) is 12.5 Å². The van der Waals surface area contributed by atoms with Crippen LogP contribution in [0.5, 0.6) is 0 Å².